The van der Waals surface area contributed by atoms with Gasteiger partial charge in [0.2, 0.25) is 11.8 Å². The van der Waals surface area contributed by atoms with Crippen LogP contribution >= 0.6 is 0 Å². The van der Waals surface area contributed by atoms with Gasteiger partial charge in [0.05, 0.1) is 13.0 Å². The molecule has 142 valence electrons. The summed E-state index contributed by atoms with van der Waals surface area (Å²) >= 11 is 0. The molecule has 2 atom stereocenters. The summed E-state index contributed by atoms with van der Waals surface area (Å²) in [6.07, 6.45) is -0.111. The quantitative estimate of drug-likeness (QED) is 0.816. The van der Waals surface area contributed by atoms with Gasteiger partial charge in [0.15, 0.2) is 0 Å². The molecule has 6 heteroatoms. The fraction of sp³-hybridized carbons (Fsp3) is 0.333. The molecule has 0 saturated carbocycles. The number of anilines is 1. The van der Waals surface area contributed by atoms with Crippen molar-refractivity contribution in [3.05, 3.63) is 60.2 Å². The number of hydrogen-bond donors (Lipinski definition) is 1. The van der Waals surface area contributed by atoms with Gasteiger partial charge in [0, 0.05) is 37.9 Å². The van der Waals surface area contributed by atoms with Gasteiger partial charge < -0.3 is 19.7 Å². The number of nitrogens with zero attached hydrogens (tertiary/aromatic N) is 1. The lowest BCUT2D eigenvalue weighted by Crippen LogP contribution is -2.35. The second kappa shape index (κ2) is 8.68. The van der Waals surface area contributed by atoms with Crippen LogP contribution in [0, 0.1) is 5.92 Å². The summed E-state index contributed by atoms with van der Waals surface area (Å²) < 4.78 is 10.9. The molecule has 1 fully saturated rings. The standard InChI is InChI=1S/C21H24N2O4/c1-26-18-11-7-6-10-17(18)19(27-2)13-22-21(25)15-12-20(24)23(14-15)16-8-4-3-5-9-16/h3-11,15,19H,12-14H2,1-2H3,(H,22,25)/t15-,19+/m0/s1. The minimum absolute atomic E-state index is 0.0330. The van der Waals surface area contributed by atoms with E-state index >= 15 is 0 Å². The predicted octanol–water partition coefficient (Wildman–Crippen LogP) is 2.55. The molecule has 2 aromatic rings. The van der Waals surface area contributed by atoms with Crippen LogP contribution in [0.2, 0.25) is 0 Å². The maximum Gasteiger partial charge on any atom is 0.227 e. The summed E-state index contributed by atoms with van der Waals surface area (Å²) in [5, 5.41) is 2.92. The minimum Gasteiger partial charge on any atom is -0.496 e. The molecule has 1 saturated heterocycles. The third-order valence-corrected chi connectivity index (χ3v) is 4.80. The van der Waals surface area contributed by atoms with E-state index in [-0.39, 0.29) is 30.3 Å². The first-order valence-electron chi connectivity index (χ1n) is 8.93. The van der Waals surface area contributed by atoms with Crippen LogP contribution in [-0.2, 0) is 14.3 Å². The van der Waals surface area contributed by atoms with Crippen LogP contribution in [-0.4, -0.2) is 39.1 Å². The third kappa shape index (κ3) is 4.28. The molecule has 0 bridgehead atoms. The lowest BCUT2D eigenvalue weighted by molar-refractivity contribution is -0.126. The number of ether oxygens (including phenoxy) is 2. The number of hydrogen-bond acceptors (Lipinski definition) is 4. The van der Waals surface area contributed by atoms with Gasteiger partial charge in [0.1, 0.15) is 11.9 Å². The van der Waals surface area contributed by atoms with Crippen LogP contribution in [0.15, 0.2) is 54.6 Å². The van der Waals surface area contributed by atoms with E-state index in [0.717, 1.165) is 11.3 Å². The number of carbonyl (C=O) groups is 2. The van der Waals surface area contributed by atoms with E-state index in [1.165, 1.54) is 0 Å². The fourth-order valence-electron chi connectivity index (χ4n) is 3.33. The van der Waals surface area contributed by atoms with Gasteiger partial charge in [-0.1, -0.05) is 36.4 Å². The number of carbonyl (C=O) groups excluding carboxylic acids is 2. The van der Waals surface area contributed by atoms with Crippen LogP contribution in [0.1, 0.15) is 18.1 Å². The summed E-state index contributed by atoms with van der Waals surface area (Å²) in [7, 11) is 3.20. The highest BCUT2D eigenvalue weighted by Gasteiger charge is 2.35. The first-order valence-corrected chi connectivity index (χ1v) is 8.93. The fourth-order valence-corrected chi connectivity index (χ4v) is 3.33. The Morgan fingerprint density at radius 1 is 1.15 bits per heavy atom. The van der Waals surface area contributed by atoms with Crippen LogP contribution < -0.4 is 15.0 Å². The zero-order valence-electron chi connectivity index (χ0n) is 15.6. The molecule has 1 heterocycles. The van der Waals surface area contributed by atoms with Crippen molar-refractivity contribution in [1.82, 2.24) is 5.32 Å². The van der Waals surface area contributed by atoms with E-state index in [0.29, 0.717) is 18.8 Å². The average Bonchev–Trinajstić information content (AvgIpc) is 3.11. The monoisotopic (exact) mass is 368 g/mol. The number of para-hydroxylation sites is 2. The molecule has 1 aliphatic heterocycles. The molecule has 1 aliphatic rings. The average molecular weight is 368 g/mol. The highest BCUT2D eigenvalue weighted by atomic mass is 16.5. The van der Waals surface area contributed by atoms with Crippen molar-refractivity contribution in [2.24, 2.45) is 5.92 Å². The Morgan fingerprint density at radius 2 is 1.85 bits per heavy atom. The van der Waals surface area contributed by atoms with Crippen molar-refractivity contribution >= 4 is 17.5 Å². The number of rotatable bonds is 7. The molecule has 0 spiro atoms. The van der Waals surface area contributed by atoms with Crippen molar-refractivity contribution in [3.63, 3.8) is 0 Å². The van der Waals surface area contributed by atoms with Crippen molar-refractivity contribution < 1.29 is 19.1 Å². The lowest BCUT2D eigenvalue weighted by atomic mass is 10.1. The summed E-state index contributed by atoms with van der Waals surface area (Å²) in [4.78, 5) is 26.6. The topological polar surface area (TPSA) is 67.9 Å². The Balaban J connectivity index is 1.61. The summed E-state index contributed by atoms with van der Waals surface area (Å²) in [5.74, 6) is 0.172. The molecule has 6 nitrogen and oxygen atoms in total. The highest BCUT2D eigenvalue weighted by molar-refractivity contribution is 6.00. The van der Waals surface area contributed by atoms with Crippen molar-refractivity contribution in [3.8, 4) is 5.75 Å². The minimum atomic E-state index is -0.368. The molecular formula is C21H24N2O4. The van der Waals surface area contributed by atoms with E-state index in [2.05, 4.69) is 5.32 Å². The van der Waals surface area contributed by atoms with Gasteiger partial charge in [-0.3, -0.25) is 9.59 Å². The van der Waals surface area contributed by atoms with Crippen LogP contribution in [0.3, 0.4) is 0 Å². The Labute approximate surface area is 159 Å². The predicted molar refractivity (Wildman–Crippen MR) is 103 cm³/mol. The zero-order valence-corrected chi connectivity index (χ0v) is 15.6. The van der Waals surface area contributed by atoms with Gasteiger partial charge in [0.25, 0.3) is 0 Å². The lowest BCUT2D eigenvalue weighted by Gasteiger charge is -2.20. The molecule has 1 N–H and O–H groups in total. The molecule has 0 aromatic heterocycles. The Bertz CT molecular complexity index is 794. The molecular weight excluding hydrogens is 344 g/mol. The van der Waals surface area contributed by atoms with Crippen molar-refractivity contribution in [2.75, 3.05) is 32.2 Å². The number of methoxy groups -OCH3 is 2. The van der Waals surface area contributed by atoms with Gasteiger partial charge in [-0.25, -0.2) is 0 Å². The molecule has 3 rings (SSSR count). The molecule has 27 heavy (non-hydrogen) atoms. The first kappa shape index (κ1) is 18.9. The molecule has 0 radical (unpaired) electrons. The van der Waals surface area contributed by atoms with Gasteiger partial charge in [-0.2, -0.15) is 0 Å². The van der Waals surface area contributed by atoms with E-state index in [1.54, 1.807) is 19.1 Å². The summed E-state index contributed by atoms with van der Waals surface area (Å²) in [6, 6.07) is 17.0. The van der Waals surface area contributed by atoms with Crippen LogP contribution in [0.4, 0.5) is 5.69 Å². The van der Waals surface area contributed by atoms with Crippen molar-refractivity contribution in [2.45, 2.75) is 12.5 Å². The smallest absolute Gasteiger partial charge is 0.227 e. The zero-order chi connectivity index (χ0) is 19.2. The highest BCUT2D eigenvalue weighted by Crippen LogP contribution is 2.27. The maximum absolute atomic E-state index is 12.6. The molecule has 2 amide bonds. The Kier molecular flexibility index (Phi) is 6.08. The van der Waals surface area contributed by atoms with E-state index in [4.69, 9.17) is 9.47 Å². The molecule has 0 unspecified atom stereocenters. The second-order valence-electron chi connectivity index (χ2n) is 6.45. The van der Waals surface area contributed by atoms with E-state index in [9.17, 15) is 9.59 Å². The van der Waals surface area contributed by atoms with E-state index in [1.807, 2.05) is 54.6 Å². The number of benzene rings is 2. The van der Waals surface area contributed by atoms with Gasteiger partial charge >= 0.3 is 0 Å². The SMILES string of the molecule is COc1ccccc1[C@@H](CNC(=O)[C@H]1CC(=O)N(c2ccccc2)C1)OC. The molecule has 0 aliphatic carbocycles. The number of nitrogens with one attached hydrogen (secondary N) is 1. The molecule has 2 aromatic carbocycles. The first-order chi connectivity index (χ1) is 13.1. The summed E-state index contributed by atoms with van der Waals surface area (Å²) in [5.41, 5.74) is 1.69. The number of amides is 2. The summed E-state index contributed by atoms with van der Waals surface area (Å²) in [6.45, 7) is 0.701. The van der Waals surface area contributed by atoms with Crippen molar-refractivity contribution in [1.29, 1.82) is 0 Å². The normalized spacial score (nSPS) is 17.6. The second-order valence-corrected chi connectivity index (χ2v) is 6.45. The van der Waals surface area contributed by atoms with Gasteiger partial charge in [-0.05, 0) is 18.2 Å². The Hall–Kier alpha value is -2.86. The third-order valence-electron chi connectivity index (χ3n) is 4.80. The van der Waals surface area contributed by atoms with E-state index < -0.39 is 0 Å². The van der Waals surface area contributed by atoms with Crippen LogP contribution in [0.25, 0.3) is 0 Å². The maximum atomic E-state index is 12.6. The largest absolute Gasteiger partial charge is 0.496 e. The van der Waals surface area contributed by atoms with Gasteiger partial charge in [-0.15, -0.1) is 0 Å². The van der Waals surface area contributed by atoms with Crippen LogP contribution in [0.5, 0.6) is 5.75 Å². The Morgan fingerprint density at radius 3 is 2.56 bits per heavy atom.